The van der Waals surface area contributed by atoms with Gasteiger partial charge in [-0.2, -0.15) is 8.42 Å². The maximum atomic E-state index is 12.5. The van der Waals surface area contributed by atoms with E-state index in [1.54, 1.807) is 4.90 Å². The fourth-order valence-electron chi connectivity index (χ4n) is 3.25. The smallest absolute Gasteiger partial charge is 0.274 e. The molecular weight excluding hydrogens is 434 g/mol. The van der Waals surface area contributed by atoms with Crippen LogP contribution in [0.2, 0.25) is 0 Å². The summed E-state index contributed by atoms with van der Waals surface area (Å²) in [5, 5.41) is 7.08. The van der Waals surface area contributed by atoms with Crippen molar-refractivity contribution in [1.29, 1.82) is 0 Å². The van der Waals surface area contributed by atoms with E-state index < -0.39 is 10.2 Å². The number of ether oxygens (including phenoxy) is 1. The second-order valence-electron chi connectivity index (χ2n) is 6.63. The van der Waals surface area contributed by atoms with E-state index in [1.165, 1.54) is 0 Å². The first-order chi connectivity index (χ1) is 12.8. The monoisotopic (exact) mass is 455 g/mol. The number of nitrogens with one attached hydrogen (secondary N) is 1. The molecule has 2 aromatic rings. The minimum atomic E-state index is -3.71. The van der Waals surface area contributed by atoms with Crippen molar-refractivity contribution >= 4 is 42.8 Å². The molecule has 1 fully saturated rings. The van der Waals surface area contributed by atoms with Crippen LogP contribution in [0.4, 0.5) is 0 Å². The zero-order chi connectivity index (χ0) is 19.4. The Balaban J connectivity index is 1.58. The van der Waals surface area contributed by atoms with Crippen LogP contribution >= 0.6 is 15.9 Å². The summed E-state index contributed by atoms with van der Waals surface area (Å²) in [6.45, 7) is 1.31. The van der Waals surface area contributed by atoms with E-state index in [-0.39, 0.29) is 25.0 Å². The Morgan fingerprint density at radius 3 is 2.85 bits per heavy atom. The highest BCUT2D eigenvalue weighted by atomic mass is 79.9. The van der Waals surface area contributed by atoms with Crippen molar-refractivity contribution in [3.05, 3.63) is 40.9 Å². The third kappa shape index (κ3) is 5.41. The van der Waals surface area contributed by atoms with E-state index in [1.807, 2.05) is 36.4 Å². The number of benzene rings is 2. The van der Waals surface area contributed by atoms with Crippen molar-refractivity contribution < 1.29 is 17.9 Å². The zero-order valence-corrected chi connectivity index (χ0v) is 17.1. The summed E-state index contributed by atoms with van der Waals surface area (Å²) in [4.78, 5) is 14.2. The van der Waals surface area contributed by atoms with Crippen molar-refractivity contribution in [3.63, 3.8) is 0 Å². The van der Waals surface area contributed by atoms with Gasteiger partial charge in [-0.15, -0.1) is 0 Å². The molecule has 1 unspecified atom stereocenters. The molecule has 146 valence electrons. The van der Waals surface area contributed by atoms with Crippen LogP contribution in [0.25, 0.3) is 10.8 Å². The van der Waals surface area contributed by atoms with Crippen LogP contribution in [-0.2, 0) is 15.0 Å². The first-order valence-corrected chi connectivity index (χ1v) is 11.0. The van der Waals surface area contributed by atoms with E-state index in [4.69, 9.17) is 9.88 Å². The molecule has 1 heterocycles. The number of halogens is 1. The predicted molar refractivity (Wildman–Crippen MR) is 108 cm³/mol. The average Bonchev–Trinajstić information content (AvgIpc) is 2.65. The maximum absolute atomic E-state index is 12.5. The van der Waals surface area contributed by atoms with E-state index in [9.17, 15) is 13.2 Å². The van der Waals surface area contributed by atoms with Crippen LogP contribution in [0.1, 0.15) is 12.8 Å². The Hall–Kier alpha value is -1.68. The Kier molecular flexibility index (Phi) is 6.36. The Morgan fingerprint density at radius 2 is 2.07 bits per heavy atom. The van der Waals surface area contributed by atoms with Crippen molar-refractivity contribution in [2.75, 3.05) is 26.2 Å². The van der Waals surface area contributed by atoms with E-state index in [0.29, 0.717) is 18.8 Å². The van der Waals surface area contributed by atoms with Gasteiger partial charge in [0.05, 0.1) is 4.47 Å². The topological polar surface area (TPSA) is 102 Å². The lowest BCUT2D eigenvalue weighted by Gasteiger charge is -2.32. The first-order valence-electron chi connectivity index (χ1n) is 8.69. The lowest BCUT2D eigenvalue weighted by atomic mass is 9.98. The molecule has 7 nitrogen and oxygen atoms in total. The Morgan fingerprint density at radius 1 is 1.30 bits per heavy atom. The van der Waals surface area contributed by atoms with Gasteiger partial charge in [0.25, 0.3) is 16.1 Å². The minimum Gasteiger partial charge on any atom is -0.483 e. The summed E-state index contributed by atoms with van der Waals surface area (Å²) in [6, 6.07) is 11.7. The third-order valence-corrected chi connectivity index (χ3v) is 6.01. The number of piperidine rings is 1. The van der Waals surface area contributed by atoms with Crippen molar-refractivity contribution in [2.24, 2.45) is 11.1 Å². The second-order valence-corrected chi connectivity index (χ2v) is 8.80. The van der Waals surface area contributed by atoms with Gasteiger partial charge in [0.15, 0.2) is 6.61 Å². The molecule has 1 amide bonds. The zero-order valence-electron chi connectivity index (χ0n) is 14.7. The Labute approximate surface area is 167 Å². The van der Waals surface area contributed by atoms with Crippen LogP contribution in [0.3, 0.4) is 0 Å². The summed E-state index contributed by atoms with van der Waals surface area (Å²) >= 11 is 3.55. The number of nitrogens with zero attached hydrogens (tertiary/aromatic N) is 1. The molecule has 0 spiro atoms. The highest BCUT2D eigenvalue weighted by Gasteiger charge is 2.24. The summed E-state index contributed by atoms with van der Waals surface area (Å²) in [5.74, 6) is 0.551. The number of carbonyl (C=O) groups excluding carboxylic acids is 1. The largest absolute Gasteiger partial charge is 0.483 e. The number of amides is 1. The summed E-state index contributed by atoms with van der Waals surface area (Å²) in [5.41, 5.74) is 0. The molecule has 0 bridgehead atoms. The van der Waals surface area contributed by atoms with E-state index in [0.717, 1.165) is 28.1 Å². The molecule has 2 aromatic carbocycles. The lowest BCUT2D eigenvalue weighted by Crippen LogP contribution is -2.46. The van der Waals surface area contributed by atoms with Crippen molar-refractivity contribution in [1.82, 2.24) is 9.62 Å². The summed E-state index contributed by atoms with van der Waals surface area (Å²) in [7, 11) is -3.71. The van der Waals surface area contributed by atoms with Crippen LogP contribution in [0.5, 0.6) is 5.75 Å². The molecule has 9 heteroatoms. The number of carbonyl (C=O) groups is 1. The van der Waals surface area contributed by atoms with Gasteiger partial charge in [-0.1, -0.05) is 30.3 Å². The Bertz CT molecular complexity index is 935. The van der Waals surface area contributed by atoms with Gasteiger partial charge >= 0.3 is 0 Å². The van der Waals surface area contributed by atoms with Crippen LogP contribution in [0, 0.1) is 5.92 Å². The van der Waals surface area contributed by atoms with Gasteiger partial charge in [-0.3, -0.25) is 4.79 Å². The predicted octanol–water partition coefficient (Wildman–Crippen LogP) is 2.01. The normalized spacial score (nSPS) is 17.9. The number of fused-ring (bicyclic) bond motifs is 1. The quantitative estimate of drug-likeness (QED) is 0.695. The van der Waals surface area contributed by atoms with Gasteiger partial charge in [0.2, 0.25) is 0 Å². The third-order valence-electron chi connectivity index (χ3n) is 4.62. The fraction of sp³-hybridized carbons (Fsp3) is 0.389. The lowest BCUT2D eigenvalue weighted by molar-refractivity contribution is -0.135. The molecule has 3 N–H and O–H groups in total. The molecule has 0 saturated carbocycles. The van der Waals surface area contributed by atoms with Crippen LogP contribution in [0.15, 0.2) is 40.9 Å². The highest BCUT2D eigenvalue weighted by Crippen LogP contribution is 2.33. The van der Waals surface area contributed by atoms with Crippen molar-refractivity contribution in [3.8, 4) is 5.75 Å². The SMILES string of the molecule is NS(=O)(=O)NCC1CCCN(C(=O)COc2ccc3ccccc3c2Br)C1. The number of hydrogen-bond acceptors (Lipinski definition) is 4. The summed E-state index contributed by atoms with van der Waals surface area (Å²) < 4.78 is 30.9. The molecular formula is C18H22BrN3O4S. The molecule has 1 aliphatic heterocycles. The number of rotatable bonds is 6. The van der Waals surface area contributed by atoms with Gasteiger partial charge in [-0.05, 0) is 51.5 Å². The van der Waals surface area contributed by atoms with Gasteiger partial charge in [0.1, 0.15) is 5.75 Å². The van der Waals surface area contributed by atoms with E-state index >= 15 is 0 Å². The first kappa shape index (κ1) is 20.1. The second kappa shape index (κ2) is 8.55. The maximum Gasteiger partial charge on any atom is 0.274 e. The van der Waals surface area contributed by atoms with Gasteiger partial charge in [-0.25, -0.2) is 9.86 Å². The molecule has 0 aliphatic carbocycles. The molecule has 27 heavy (non-hydrogen) atoms. The van der Waals surface area contributed by atoms with Gasteiger partial charge in [0, 0.05) is 19.6 Å². The minimum absolute atomic E-state index is 0.0495. The number of likely N-dealkylation sites (tertiary alicyclic amines) is 1. The highest BCUT2D eigenvalue weighted by molar-refractivity contribution is 9.10. The molecule has 1 atom stereocenters. The van der Waals surface area contributed by atoms with Crippen molar-refractivity contribution in [2.45, 2.75) is 12.8 Å². The molecule has 0 radical (unpaired) electrons. The van der Waals surface area contributed by atoms with Crippen LogP contribution < -0.4 is 14.6 Å². The van der Waals surface area contributed by atoms with Gasteiger partial charge < -0.3 is 9.64 Å². The van der Waals surface area contributed by atoms with E-state index in [2.05, 4.69) is 20.7 Å². The fourth-order valence-corrected chi connectivity index (χ4v) is 4.32. The number of nitrogens with two attached hydrogens (primary N) is 1. The average molecular weight is 456 g/mol. The molecule has 3 rings (SSSR count). The molecule has 0 aromatic heterocycles. The standard InChI is InChI=1S/C18H22BrN3O4S/c19-18-15-6-2-1-5-14(15)7-8-16(18)26-12-17(23)22-9-3-4-13(11-22)10-21-27(20,24)25/h1-2,5-8,13,21H,3-4,9-12H2,(H2,20,24,25). The van der Waals surface area contributed by atoms with Crippen LogP contribution in [-0.4, -0.2) is 45.5 Å². The molecule has 1 saturated heterocycles. The summed E-state index contributed by atoms with van der Waals surface area (Å²) in [6.07, 6.45) is 1.67. The molecule has 1 aliphatic rings. The number of hydrogen-bond donors (Lipinski definition) is 2.